The lowest BCUT2D eigenvalue weighted by molar-refractivity contribution is 1.41. The summed E-state index contributed by atoms with van der Waals surface area (Å²) in [7, 11) is 0. The average Bonchev–Trinajstić information content (AvgIpc) is 3.21. The zero-order chi connectivity index (χ0) is 18.1. The zero-order valence-corrected chi connectivity index (χ0v) is 17.1. The van der Waals surface area contributed by atoms with E-state index in [2.05, 4.69) is 23.6 Å². The lowest BCUT2D eigenvalue weighted by Gasteiger charge is -2.17. The van der Waals surface area contributed by atoms with Gasteiger partial charge in [0.25, 0.3) is 0 Å². The second-order valence-electron chi connectivity index (χ2n) is 5.71. The van der Waals surface area contributed by atoms with E-state index in [1.807, 2.05) is 48.7 Å². The number of thiophene rings is 1. The Morgan fingerprint density at radius 3 is 2.58 bits per heavy atom. The molecule has 0 saturated heterocycles. The molecule has 0 radical (unpaired) electrons. The van der Waals surface area contributed by atoms with Crippen molar-refractivity contribution in [2.45, 2.75) is 0 Å². The molecule has 26 heavy (non-hydrogen) atoms. The Kier molecular flexibility index (Phi) is 5.09. The molecule has 0 saturated carbocycles. The highest BCUT2D eigenvalue weighted by atomic mass is 35.5. The second kappa shape index (κ2) is 7.49. The number of fused-ring (bicyclic) bond motifs is 1. The number of aromatic nitrogens is 1. The molecule has 0 amide bonds. The Balaban J connectivity index is 2.19. The molecule has 5 heteroatoms. The van der Waals surface area contributed by atoms with Crippen LogP contribution >= 0.6 is 46.9 Å². The summed E-state index contributed by atoms with van der Waals surface area (Å²) >= 11 is 15.3. The van der Waals surface area contributed by atoms with Crippen molar-refractivity contribution < 1.29 is 0 Å². The van der Waals surface area contributed by atoms with Crippen LogP contribution in [0.5, 0.6) is 0 Å². The van der Waals surface area contributed by atoms with Gasteiger partial charge in [0.1, 0.15) is 0 Å². The summed E-state index contributed by atoms with van der Waals surface area (Å²) in [6.45, 7) is 0. The molecule has 2 aromatic heterocycles. The Morgan fingerprint density at radius 2 is 1.88 bits per heavy atom. The SMILES string of the molecule is CSC(=S)c1c(-c2cccs2)nc2ccc(Cl)cc2c1-c1ccccc1. The fraction of sp³-hybridized carbons (Fsp3) is 0.0476. The van der Waals surface area contributed by atoms with Gasteiger partial charge in [0.2, 0.25) is 0 Å². The fourth-order valence-electron chi connectivity index (χ4n) is 3.03. The van der Waals surface area contributed by atoms with Crippen LogP contribution in [0.25, 0.3) is 32.6 Å². The Hall–Kier alpha value is -1.72. The quantitative estimate of drug-likeness (QED) is 0.328. The maximum atomic E-state index is 6.32. The summed E-state index contributed by atoms with van der Waals surface area (Å²) in [4.78, 5) is 6.08. The van der Waals surface area contributed by atoms with Gasteiger partial charge in [-0.15, -0.1) is 23.1 Å². The molecule has 128 valence electrons. The number of hydrogen-bond donors (Lipinski definition) is 0. The molecule has 4 aromatic rings. The van der Waals surface area contributed by atoms with Gasteiger partial charge in [0.15, 0.2) is 0 Å². The molecule has 0 aliphatic carbocycles. The molecular formula is C21H14ClNS3. The third kappa shape index (κ3) is 3.19. The van der Waals surface area contributed by atoms with Crippen LogP contribution in [-0.2, 0) is 0 Å². The van der Waals surface area contributed by atoms with Gasteiger partial charge in [0.05, 0.1) is 20.3 Å². The van der Waals surface area contributed by atoms with Gasteiger partial charge in [-0.3, -0.25) is 0 Å². The predicted molar refractivity (Wildman–Crippen MR) is 121 cm³/mol. The minimum absolute atomic E-state index is 0.696. The minimum atomic E-state index is 0.696. The van der Waals surface area contributed by atoms with Gasteiger partial charge < -0.3 is 0 Å². The van der Waals surface area contributed by atoms with Crippen LogP contribution in [0.3, 0.4) is 0 Å². The van der Waals surface area contributed by atoms with Gasteiger partial charge >= 0.3 is 0 Å². The highest BCUT2D eigenvalue weighted by Gasteiger charge is 2.21. The normalized spacial score (nSPS) is 11.0. The summed E-state index contributed by atoms with van der Waals surface area (Å²) in [5.74, 6) is 0. The van der Waals surface area contributed by atoms with Crippen molar-refractivity contribution >= 4 is 62.0 Å². The van der Waals surface area contributed by atoms with E-state index in [1.54, 1.807) is 23.1 Å². The van der Waals surface area contributed by atoms with Crippen molar-refractivity contribution in [3.8, 4) is 21.7 Å². The van der Waals surface area contributed by atoms with Crippen LogP contribution in [0.4, 0.5) is 0 Å². The molecular weight excluding hydrogens is 398 g/mol. The van der Waals surface area contributed by atoms with E-state index >= 15 is 0 Å². The van der Waals surface area contributed by atoms with Crippen LogP contribution in [-0.4, -0.2) is 15.4 Å². The zero-order valence-electron chi connectivity index (χ0n) is 13.9. The van der Waals surface area contributed by atoms with Crippen molar-refractivity contribution in [2.24, 2.45) is 0 Å². The van der Waals surface area contributed by atoms with Gasteiger partial charge in [-0.2, -0.15) is 0 Å². The lowest BCUT2D eigenvalue weighted by Crippen LogP contribution is -2.02. The molecule has 0 N–H and O–H groups in total. The fourth-order valence-corrected chi connectivity index (χ4v) is 4.53. The highest BCUT2D eigenvalue weighted by molar-refractivity contribution is 8.23. The van der Waals surface area contributed by atoms with Crippen LogP contribution in [0.2, 0.25) is 5.02 Å². The predicted octanol–water partition coefficient (Wildman–Crippen LogP) is 7.32. The summed E-state index contributed by atoms with van der Waals surface area (Å²) < 4.78 is 0.835. The molecule has 2 aromatic carbocycles. The summed E-state index contributed by atoms with van der Waals surface area (Å²) in [5, 5.41) is 3.79. The Morgan fingerprint density at radius 1 is 1.08 bits per heavy atom. The summed E-state index contributed by atoms with van der Waals surface area (Å²) in [6, 6.07) is 20.3. The minimum Gasteiger partial charge on any atom is -0.246 e. The number of pyridine rings is 1. The molecule has 0 atom stereocenters. The van der Waals surface area contributed by atoms with E-state index < -0.39 is 0 Å². The molecule has 0 bridgehead atoms. The standard InChI is InChI=1S/C21H14ClNS3/c1-25-21(24)19-18(13-6-3-2-4-7-13)15-12-14(22)9-10-16(15)23-20(19)17-8-5-11-26-17/h2-12H,1H3. The second-order valence-corrected chi connectivity index (χ2v) is 8.57. The number of halogens is 1. The molecule has 1 nitrogen and oxygen atoms in total. The van der Waals surface area contributed by atoms with Gasteiger partial charge in [0, 0.05) is 21.5 Å². The molecule has 2 heterocycles. The molecule has 0 unspecified atom stereocenters. The van der Waals surface area contributed by atoms with Crippen LogP contribution in [0.15, 0.2) is 66.0 Å². The first kappa shape index (κ1) is 17.7. The Bertz CT molecular complexity index is 1090. The van der Waals surface area contributed by atoms with Crippen molar-refractivity contribution in [2.75, 3.05) is 6.26 Å². The number of nitrogens with zero attached hydrogens (tertiary/aromatic N) is 1. The van der Waals surface area contributed by atoms with Gasteiger partial charge in [-0.25, -0.2) is 4.98 Å². The van der Waals surface area contributed by atoms with Crippen LogP contribution < -0.4 is 0 Å². The number of thioether (sulfide) groups is 1. The van der Waals surface area contributed by atoms with Gasteiger partial charge in [-0.05, 0) is 41.5 Å². The first-order valence-corrected chi connectivity index (χ1v) is 10.9. The highest BCUT2D eigenvalue weighted by Crippen LogP contribution is 2.40. The maximum Gasteiger partial charge on any atom is 0.0907 e. The molecule has 0 aliphatic heterocycles. The smallest absolute Gasteiger partial charge is 0.0907 e. The first-order valence-electron chi connectivity index (χ1n) is 8.00. The van der Waals surface area contributed by atoms with Crippen molar-refractivity contribution in [1.82, 2.24) is 4.98 Å². The number of thiocarbonyl (C=S) groups is 1. The average molecular weight is 412 g/mol. The van der Waals surface area contributed by atoms with E-state index in [-0.39, 0.29) is 0 Å². The van der Waals surface area contributed by atoms with Crippen molar-refractivity contribution in [1.29, 1.82) is 0 Å². The third-order valence-electron chi connectivity index (χ3n) is 4.15. The van der Waals surface area contributed by atoms with Crippen molar-refractivity contribution in [3.63, 3.8) is 0 Å². The van der Waals surface area contributed by atoms with E-state index in [0.717, 1.165) is 42.4 Å². The van der Waals surface area contributed by atoms with E-state index in [0.29, 0.717) is 5.02 Å². The third-order valence-corrected chi connectivity index (χ3v) is 6.54. The molecule has 0 spiro atoms. The number of rotatable bonds is 3. The topological polar surface area (TPSA) is 12.9 Å². The monoisotopic (exact) mass is 411 g/mol. The van der Waals surface area contributed by atoms with Gasteiger partial charge in [-0.1, -0.05) is 60.2 Å². The van der Waals surface area contributed by atoms with E-state index in [4.69, 9.17) is 28.8 Å². The summed E-state index contributed by atoms with van der Waals surface area (Å²) in [6.07, 6.45) is 2.01. The van der Waals surface area contributed by atoms with Crippen LogP contribution in [0, 0.1) is 0 Å². The molecule has 0 aliphatic rings. The molecule has 0 fully saturated rings. The maximum absolute atomic E-state index is 6.32. The van der Waals surface area contributed by atoms with Crippen molar-refractivity contribution in [3.05, 3.63) is 76.6 Å². The summed E-state index contributed by atoms with van der Waals surface area (Å²) in [5.41, 5.74) is 5.08. The van der Waals surface area contributed by atoms with E-state index in [1.165, 1.54) is 0 Å². The largest absolute Gasteiger partial charge is 0.246 e. The molecule has 4 rings (SSSR count). The number of benzene rings is 2. The first-order chi connectivity index (χ1) is 12.7. The van der Waals surface area contributed by atoms with Crippen LogP contribution in [0.1, 0.15) is 5.56 Å². The lowest BCUT2D eigenvalue weighted by atomic mass is 9.94. The Labute approximate surface area is 171 Å². The van der Waals surface area contributed by atoms with E-state index in [9.17, 15) is 0 Å². The number of hydrogen-bond acceptors (Lipinski definition) is 4.